The molecule has 2 aromatic rings. The molecule has 104 valence electrons. The maximum Gasteiger partial charge on any atom is 0.258 e. The van der Waals surface area contributed by atoms with Crippen molar-refractivity contribution in [3.05, 3.63) is 65.2 Å². The van der Waals surface area contributed by atoms with Crippen LogP contribution in [0.4, 0.5) is 5.69 Å². The Hall–Kier alpha value is -2.09. The Labute approximate surface area is 121 Å². The van der Waals surface area contributed by atoms with Crippen molar-refractivity contribution in [2.45, 2.75) is 27.2 Å². The molecule has 0 saturated heterocycles. The van der Waals surface area contributed by atoms with Crippen molar-refractivity contribution in [1.82, 2.24) is 0 Å². The maximum absolute atomic E-state index is 12.7. The molecule has 2 heteroatoms. The van der Waals surface area contributed by atoms with Crippen LogP contribution < -0.4 is 4.90 Å². The summed E-state index contributed by atoms with van der Waals surface area (Å²) in [5.74, 6) is 0.0597. The SMILES string of the molecule is CCc1ccc(C(=O)N(CC)c2ccccc2C)cc1. The van der Waals surface area contributed by atoms with E-state index >= 15 is 0 Å². The van der Waals surface area contributed by atoms with Crippen molar-refractivity contribution in [3.8, 4) is 0 Å². The highest BCUT2D eigenvalue weighted by Gasteiger charge is 2.17. The van der Waals surface area contributed by atoms with Crippen LogP contribution in [0.5, 0.6) is 0 Å². The third kappa shape index (κ3) is 2.90. The average molecular weight is 267 g/mol. The summed E-state index contributed by atoms with van der Waals surface area (Å²) in [6.07, 6.45) is 0.990. The summed E-state index contributed by atoms with van der Waals surface area (Å²) in [7, 11) is 0. The largest absolute Gasteiger partial charge is 0.308 e. The molecule has 0 aromatic heterocycles. The molecule has 2 rings (SSSR count). The molecule has 0 atom stereocenters. The lowest BCUT2D eigenvalue weighted by molar-refractivity contribution is 0.0988. The molecule has 0 aliphatic carbocycles. The van der Waals surface area contributed by atoms with Gasteiger partial charge >= 0.3 is 0 Å². The highest BCUT2D eigenvalue weighted by molar-refractivity contribution is 6.06. The van der Waals surface area contributed by atoms with Gasteiger partial charge in [0.1, 0.15) is 0 Å². The lowest BCUT2D eigenvalue weighted by atomic mass is 10.1. The number of rotatable bonds is 4. The van der Waals surface area contributed by atoms with Gasteiger partial charge in [-0.25, -0.2) is 0 Å². The van der Waals surface area contributed by atoms with Gasteiger partial charge in [0.05, 0.1) is 0 Å². The van der Waals surface area contributed by atoms with E-state index in [2.05, 4.69) is 6.92 Å². The summed E-state index contributed by atoms with van der Waals surface area (Å²) in [4.78, 5) is 14.5. The van der Waals surface area contributed by atoms with Gasteiger partial charge in [-0.05, 0) is 49.6 Å². The van der Waals surface area contributed by atoms with Crippen molar-refractivity contribution >= 4 is 11.6 Å². The Morgan fingerprint density at radius 1 is 1.00 bits per heavy atom. The number of para-hydroxylation sites is 1. The van der Waals surface area contributed by atoms with E-state index in [1.807, 2.05) is 67.3 Å². The Kier molecular flexibility index (Phi) is 4.57. The summed E-state index contributed by atoms with van der Waals surface area (Å²) in [5.41, 5.74) is 4.10. The third-order valence-corrected chi connectivity index (χ3v) is 3.58. The molecular weight excluding hydrogens is 246 g/mol. The molecule has 0 fully saturated rings. The molecule has 0 aliphatic rings. The summed E-state index contributed by atoms with van der Waals surface area (Å²) < 4.78 is 0. The second kappa shape index (κ2) is 6.38. The second-order valence-corrected chi connectivity index (χ2v) is 4.89. The number of carbonyl (C=O) groups is 1. The van der Waals surface area contributed by atoms with Crippen molar-refractivity contribution in [1.29, 1.82) is 0 Å². The van der Waals surface area contributed by atoms with E-state index in [9.17, 15) is 4.79 Å². The first-order valence-corrected chi connectivity index (χ1v) is 7.13. The molecule has 20 heavy (non-hydrogen) atoms. The standard InChI is InChI=1S/C18H21NO/c1-4-15-10-12-16(13-11-15)18(20)19(5-2)17-9-7-6-8-14(17)3/h6-13H,4-5H2,1-3H3. The van der Waals surface area contributed by atoms with Gasteiger partial charge in [0, 0.05) is 17.8 Å². The van der Waals surface area contributed by atoms with E-state index in [0.717, 1.165) is 23.2 Å². The first-order chi connectivity index (χ1) is 9.67. The molecule has 0 unspecified atom stereocenters. The number of amides is 1. The van der Waals surface area contributed by atoms with E-state index in [0.29, 0.717) is 6.54 Å². The normalized spacial score (nSPS) is 10.3. The van der Waals surface area contributed by atoms with Crippen LogP contribution in [-0.4, -0.2) is 12.5 Å². The minimum Gasteiger partial charge on any atom is -0.308 e. The van der Waals surface area contributed by atoms with E-state index in [4.69, 9.17) is 0 Å². The van der Waals surface area contributed by atoms with Crippen LogP contribution in [0.25, 0.3) is 0 Å². The number of nitrogens with zero attached hydrogens (tertiary/aromatic N) is 1. The summed E-state index contributed by atoms with van der Waals surface area (Å²) in [5, 5.41) is 0. The van der Waals surface area contributed by atoms with Crippen LogP contribution in [-0.2, 0) is 6.42 Å². The summed E-state index contributed by atoms with van der Waals surface area (Å²) in [6.45, 7) is 6.82. The number of aryl methyl sites for hydroxylation is 2. The van der Waals surface area contributed by atoms with Gasteiger partial charge in [0.25, 0.3) is 5.91 Å². The van der Waals surface area contributed by atoms with Gasteiger partial charge in [-0.3, -0.25) is 4.79 Å². The van der Waals surface area contributed by atoms with Gasteiger partial charge in [0.15, 0.2) is 0 Å². The lowest BCUT2D eigenvalue weighted by Gasteiger charge is -2.23. The molecule has 0 heterocycles. The van der Waals surface area contributed by atoms with Crippen LogP contribution in [0.3, 0.4) is 0 Å². The van der Waals surface area contributed by atoms with Gasteiger partial charge in [-0.15, -0.1) is 0 Å². The monoisotopic (exact) mass is 267 g/mol. The molecule has 0 saturated carbocycles. The minimum absolute atomic E-state index is 0.0597. The number of benzene rings is 2. The van der Waals surface area contributed by atoms with Gasteiger partial charge in [0.2, 0.25) is 0 Å². The second-order valence-electron chi connectivity index (χ2n) is 4.89. The number of hydrogen-bond donors (Lipinski definition) is 0. The highest BCUT2D eigenvalue weighted by atomic mass is 16.2. The molecular formula is C18H21NO. The Balaban J connectivity index is 2.31. The quantitative estimate of drug-likeness (QED) is 0.812. The fraction of sp³-hybridized carbons (Fsp3) is 0.278. The van der Waals surface area contributed by atoms with Crippen molar-refractivity contribution in [2.24, 2.45) is 0 Å². The molecule has 2 nitrogen and oxygen atoms in total. The van der Waals surface area contributed by atoms with E-state index in [1.165, 1.54) is 5.56 Å². The molecule has 0 aliphatic heterocycles. The molecule has 0 radical (unpaired) electrons. The zero-order valence-corrected chi connectivity index (χ0v) is 12.4. The lowest BCUT2D eigenvalue weighted by Crippen LogP contribution is -2.31. The average Bonchev–Trinajstić information content (AvgIpc) is 2.50. The minimum atomic E-state index is 0.0597. The van der Waals surface area contributed by atoms with Crippen molar-refractivity contribution in [3.63, 3.8) is 0 Å². The van der Waals surface area contributed by atoms with E-state index in [-0.39, 0.29) is 5.91 Å². The van der Waals surface area contributed by atoms with E-state index < -0.39 is 0 Å². The van der Waals surface area contributed by atoms with Gasteiger partial charge < -0.3 is 4.90 Å². The fourth-order valence-corrected chi connectivity index (χ4v) is 2.33. The topological polar surface area (TPSA) is 20.3 Å². The summed E-state index contributed by atoms with van der Waals surface area (Å²) in [6, 6.07) is 15.9. The Morgan fingerprint density at radius 2 is 1.65 bits per heavy atom. The molecule has 1 amide bonds. The fourth-order valence-electron chi connectivity index (χ4n) is 2.33. The predicted octanol–water partition coefficient (Wildman–Crippen LogP) is 4.22. The van der Waals surface area contributed by atoms with Gasteiger partial charge in [-0.1, -0.05) is 37.3 Å². The van der Waals surface area contributed by atoms with Crippen LogP contribution >= 0.6 is 0 Å². The summed E-state index contributed by atoms with van der Waals surface area (Å²) >= 11 is 0. The van der Waals surface area contributed by atoms with Gasteiger partial charge in [-0.2, -0.15) is 0 Å². The Bertz CT molecular complexity index is 587. The van der Waals surface area contributed by atoms with Crippen LogP contribution in [0.15, 0.2) is 48.5 Å². The molecule has 0 bridgehead atoms. The van der Waals surface area contributed by atoms with E-state index in [1.54, 1.807) is 0 Å². The van der Waals surface area contributed by atoms with Crippen molar-refractivity contribution in [2.75, 3.05) is 11.4 Å². The maximum atomic E-state index is 12.7. The number of carbonyl (C=O) groups excluding carboxylic acids is 1. The third-order valence-electron chi connectivity index (χ3n) is 3.58. The Morgan fingerprint density at radius 3 is 2.20 bits per heavy atom. The van der Waals surface area contributed by atoms with Crippen LogP contribution in [0, 0.1) is 6.92 Å². The predicted molar refractivity (Wildman–Crippen MR) is 84.3 cm³/mol. The first-order valence-electron chi connectivity index (χ1n) is 7.13. The van der Waals surface area contributed by atoms with Crippen molar-refractivity contribution < 1.29 is 4.79 Å². The van der Waals surface area contributed by atoms with Crippen LogP contribution in [0.1, 0.15) is 35.3 Å². The highest BCUT2D eigenvalue weighted by Crippen LogP contribution is 2.21. The number of anilines is 1. The first kappa shape index (κ1) is 14.3. The molecule has 0 N–H and O–H groups in total. The molecule has 2 aromatic carbocycles. The zero-order chi connectivity index (χ0) is 14.5. The smallest absolute Gasteiger partial charge is 0.258 e. The van der Waals surface area contributed by atoms with Crippen LogP contribution in [0.2, 0.25) is 0 Å². The number of hydrogen-bond acceptors (Lipinski definition) is 1. The molecule has 0 spiro atoms. The zero-order valence-electron chi connectivity index (χ0n) is 12.4.